The van der Waals surface area contributed by atoms with Gasteiger partial charge in [0.25, 0.3) is 10.0 Å². The lowest BCUT2D eigenvalue weighted by Gasteiger charge is -2.16. The van der Waals surface area contributed by atoms with E-state index in [9.17, 15) is 8.42 Å². The Morgan fingerprint density at radius 3 is 2.84 bits per heavy atom. The molecule has 1 N–H and O–H groups in total. The molecule has 0 amide bonds. The maximum Gasteiger partial charge on any atom is 0.260 e. The van der Waals surface area contributed by atoms with Gasteiger partial charge in [0.05, 0.1) is 24.3 Å². The predicted octanol–water partition coefficient (Wildman–Crippen LogP) is 1.36. The largest absolute Gasteiger partial charge is 0.266 e. The molecule has 2 heterocycles. The third kappa shape index (κ3) is 2.94. The number of rotatable bonds is 5. The summed E-state index contributed by atoms with van der Waals surface area (Å²) in [7, 11) is -2.16. The van der Waals surface area contributed by atoms with E-state index >= 15 is 0 Å². The Labute approximate surface area is 116 Å². The fourth-order valence-corrected chi connectivity index (χ4v) is 3.10. The molecular formula is C11H13ClN4O2S. The average molecular weight is 301 g/mol. The van der Waals surface area contributed by atoms with Crippen molar-refractivity contribution in [3.8, 4) is 0 Å². The Hall–Kier alpha value is -1.44. The van der Waals surface area contributed by atoms with Crippen molar-refractivity contribution >= 4 is 21.6 Å². The van der Waals surface area contributed by atoms with Gasteiger partial charge in [-0.1, -0.05) is 6.07 Å². The van der Waals surface area contributed by atoms with Crippen LogP contribution in [-0.2, 0) is 22.4 Å². The van der Waals surface area contributed by atoms with E-state index < -0.39 is 10.0 Å². The van der Waals surface area contributed by atoms with Crippen molar-refractivity contribution in [3.05, 3.63) is 41.9 Å². The summed E-state index contributed by atoms with van der Waals surface area (Å²) in [5.74, 6) is 0.0858. The summed E-state index contributed by atoms with van der Waals surface area (Å²) in [4.78, 5) is 4.10. The van der Waals surface area contributed by atoms with Crippen molar-refractivity contribution in [1.29, 1.82) is 0 Å². The molecule has 0 spiro atoms. The van der Waals surface area contributed by atoms with E-state index in [1.54, 1.807) is 18.3 Å². The highest BCUT2D eigenvalue weighted by Gasteiger charge is 2.25. The molecule has 2 aromatic heterocycles. The maximum absolute atomic E-state index is 12.3. The molecule has 0 saturated heterocycles. The summed E-state index contributed by atoms with van der Waals surface area (Å²) >= 11 is 5.69. The smallest absolute Gasteiger partial charge is 0.260 e. The minimum absolute atomic E-state index is 0.0286. The molecule has 102 valence electrons. The predicted molar refractivity (Wildman–Crippen MR) is 71.0 cm³/mol. The fourth-order valence-electron chi connectivity index (χ4n) is 1.58. The number of hydrogen-bond donors (Lipinski definition) is 1. The molecule has 0 fully saturated rings. The van der Waals surface area contributed by atoms with Crippen LogP contribution in [-0.4, -0.2) is 35.0 Å². The third-order valence-corrected chi connectivity index (χ3v) is 4.71. The van der Waals surface area contributed by atoms with Crippen LogP contribution in [0.2, 0.25) is 0 Å². The van der Waals surface area contributed by atoms with Gasteiger partial charge in [-0.05, 0) is 12.1 Å². The van der Waals surface area contributed by atoms with E-state index in [0.717, 1.165) is 0 Å². The molecule has 8 heteroatoms. The highest BCUT2D eigenvalue weighted by atomic mass is 35.5. The van der Waals surface area contributed by atoms with Crippen molar-refractivity contribution in [1.82, 2.24) is 19.5 Å². The molecule has 19 heavy (non-hydrogen) atoms. The van der Waals surface area contributed by atoms with Gasteiger partial charge in [0.15, 0.2) is 5.03 Å². The number of H-pyrrole nitrogens is 1. The zero-order valence-electron chi connectivity index (χ0n) is 10.2. The van der Waals surface area contributed by atoms with E-state index in [1.165, 1.54) is 17.5 Å². The van der Waals surface area contributed by atoms with Crippen molar-refractivity contribution in [2.45, 2.75) is 17.5 Å². The number of alkyl halides is 1. The van der Waals surface area contributed by atoms with Crippen LogP contribution in [0.5, 0.6) is 0 Å². The molecule has 0 saturated carbocycles. The molecule has 0 bridgehead atoms. The standard InChI is InChI=1S/C11H13ClN4O2S/c1-16(8-10-4-2-3-5-13-10)19(17,18)11-9(6-12)7-14-15-11/h2-5,7H,6,8H2,1H3,(H,14,15). The normalized spacial score (nSPS) is 11.9. The van der Waals surface area contributed by atoms with Crippen LogP contribution < -0.4 is 0 Å². The molecule has 0 aliphatic carbocycles. The van der Waals surface area contributed by atoms with E-state index in [0.29, 0.717) is 11.3 Å². The minimum atomic E-state index is -3.65. The van der Waals surface area contributed by atoms with Crippen LogP contribution >= 0.6 is 11.6 Å². The molecule has 0 aromatic carbocycles. The number of aromatic amines is 1. The molecule has 0 aliphatic rings. The van der Waals surface area contributed by atoms with Crippen LogP contribution in [0.25, 0.3) is 0 Å². The number of sulfonamides is 1. The lowest BCUT2D eigenvalue weighted by molar-refractivity contribution is 0.458. The molecule has 2 rings (SSSR count). The second-order valence-electron chi connectivity index (χ2n) is 3.94. The Balaban J connectivity index is 2.25. The first-order valence-corrected chi connectivity index (χ1v) is 7.47. The van der Waals surface area contributed by atoms with Gasteiger partial charge >= 0.3 is 0 Å². The Morgan fingerprint density at radius 1 is 1.42 bits per heavy atom. The monoisotopic (exact) mass is 300 g/mol. The summed E-state index contributed by atoms with van der Waals surface area (Å²) in [5, 5.41) is 6.23. The highest BCUT2D eigenvalue weighted by Crippen LogP contribution is 2.19. The number of hydrogen-bond acceptors (Lipinski definition) is 4. The molecule has 0 radical (unpaired) electrons. The molecule has 0 atom stereocenters. The number of nitrogens with zero attached hydrogens (tertiary/aromatic N) is 3. The van der Waals surface area contributed by atoms with Gasteiger partial charge in [0.2, 0.25) is 0 Å². The summed E-state index contributed by atoms with van der Waals surface area (Å²) in [6.07, 6.45) is 3.03. The SMILES string of the molecule is CN(Cc1ccccn1)S(=O)(=O)c1[nH]ncc1CCl. The second kappa shape index (κ2) is 5.68. The lowest BCUT2D eigenvalue weighted by atomic mass is 10.3. The average Bonchev–Trinajstić information content (AvgIpc) is 2.88. The first-order valence-electron chi connectivity index (χ1n) is 5.50. The molecule has 0 unspecified atom stereocenters. The zero-order chi connectivity index (χ0) is 13.9. The highest BCUT2D eigenvalue weighted by molar-refractivity contribution is 7.89. The van der Waals surface area contributed by atoms with E-state index in [4.69, 9.17) is 11.6 Å². The van der Waals surface area contributed by atoms with Crippen molar-refractivity contribution in [3.63, 3.8) is 0 Å². The van der Waals surface area contributed by atoms with Crippen LogP contribution in [0.4, 0.5) is 0 Å². The summed E-state index contributed by atoms with van der Waals surface area (Å²) in [6.45, 7) is 0.184. The first-order chi connectivity index (χ1) is 9.05. The van der Waals surface area contributed by atoms with Gasteiger partial charge < -0.3 is 0 Å². The second-order valence-corrected chi connectivity index (χ2v) is 6.19. The summed E-state index contributed by atoms with van der Waals surface area (Å²) in [5.41, 5.74) is 1.12. The molecule has 2 aromatic rings. The fraction of sp³-hybridized carbons (Fsp3) is 0.273. The van der Waals surface area contributed by atoms with Gasteiger partial charge in [0.1, 0.15) is 0 Å². The summed E-state index contributed by atoms with van der Waals surface area (Å²) in [6, 6.07) is 5.35. The van der Waals surface area contributed by atoms with E-state index in [1.807, 2.05) is 6.07 Å². The van der Waals surface area contributed by atoms with Crippen molar-refractivity contribution in [2.24, 2.45) is 0 Å². The van der Waals surface area contributed by atoms with Crippen LogP contribution in [0.15, 0.2) is 35.6 Å². The van der Waals surface area contributed by atoms with Gasteiger partial charge in [-0.2, -0.15) is 9.40 Å². The first kappa shape index (κ1) is 14.0. The van der Waals surface area contributed by atoms with Gasteiger partial charge in [0, 0.05) is 18.8 Å². The summed E-state index contributed by atoms with van der Waals surface area (Å²) < 4.78 is 25.9. The number of aromatic nitrogens is 3. The number of nitrogens with one attached hydrogen (secondary N) is 1. The van der Waals surface area contributed by atoms with Crippen LogP contribution in [0.3, 0.4) is 0 Å². The lowest BCUT2D eigenvalue weighted by Crippen LogP contribution is -2.27. The van der Waals surface area contributed by atoms with Crippen LogP contribution in [0, 0.1) is 0 Å². The Morgan fingerprint density at radius 2 is 2.21 bits per heavy atom. The van der Waals surface area contributed by atoms with Gasteiger partial charge in [-0.25, -0.2) is 8.42 Å². The zero-order valence-corrected chi connectivity index (χ0v) is 11.8. The van der Waals surface area contributed by atoms with Gasteiger partial charge in [-0.3, -0.25) is 10.1 Å². The molecule has 6 nitrogen and oxygen atoms in total. The minimum Gasteiger partial charge on any atom is -0.266 e. The Bertz CT molecular complexity index is 642. The number of halogens is 1. The van der Waals surface area contributed by atoms with Crippen molar-refractivity contribution < 1.29 is 8.42 Å². The van der Waals surface area contributed by atoms with E-state index in [-0.39, 0.29) is 17.5 Å². The maximum atomic E-state index is 12.3. The van der Waals surface area contributed by atoms with Crippen LogP contribution in [0.1, 0.15) is 11.3 Å². The quantitative estimate of drug-likeness (QED) is 0.846. The number of pyridine rings is 1. The van der Waals surface area contributed by atoms with Gasteiger partial charge in [-0.15, -0.1) is 11.6 Å². The Kier molecular flexibility index (Phi) is 4.18. The van der Waals surface area contributed by atoms with E-state index in [2.05, 4.69) is 15.2 Å². The van der Waals surface area contributed by atoms with Crippen molar-refractivity contribution in [2.75, 3.05) is 7.05 Å². The molecular weight excluding hydrogens is 288 g/mol. The molecule has 0 aliphatic heterocycles. The third-order valence-electron chi connectivity index (χ3n) is 2.60. The topological polar surface area (TPSA) is 79.0 Å².